The van der Waals surface area contributed by atoms with E-state index in [0.29, 0.717) is 17.7 Å². The first-order valence-corrected chi connectivity index (χ1v) is 6.28. The van der Waals surface area contributed by atoms with Crippen LogP contribution in [0.4, 0.5) is 5.69 Å². The van der Waals surface area contributed by atoms with E-state index in [2.05, 4.69) is 5.32 Å². The second-order valence-electron chi connectivity index (χ2n) is 4.79. The number of carbonyl (C=O) groups excluding carboxylic acids is 1. The number of carboxylic acids is 1. The van der Waals surface area contributed by atoms with Gasteiger partial charge in [0.15, 0.2) is 0 Å². The maximum absolute atomic E-state index is 12.0. The zero-order valence-corrected chi connectivity index (χ0v) is 11.0. The molecule has 0 aromatic heterocycles. The molecule has 1 heterocycles. The van der Waals surface area contributed by atoms with Crippen LogP contribution in [-0.2, 0) is 9.53 Å². The van der Waals surface area contributed by atoms with E-state index in [9.17, 15) is 9.59 Å². The first-order valence-electron chi connectivity index (χ1n) is 6.28. The molecule has 1 aliphatic rings. The van der Waals surface area contributed by atoms with Crippen LogP contribution in [0, 0.1) is 6.92 Å². The number of benzene rings is 1. The van der Waals surface area contributed by atoms with E-state index in [0.717, 1.165) is 6.42 Å². The van der Waals surface area contributed by atoms with Crippen molar-refractivity contribution in [2.45, 2.75) is 38.9 Å². The molecule has 0 aliphatic carbocycles. The van der Waals surface area contributed by atoms with Gasteiger partial charge in [0.25, 0.3) is 5.91 Å². The number of carboxylic acid groups (broad SMARTS) is 1. The Hall–Kier alpha value is -1.88. The topological polar surface area (TPSA) is 75.6 Å². The molecule has 2 rings (SSSR count). The largest absolute Gasteiger partial charge is 0.478 e. The second kappa shape index (κ2) is 5.40. The third-order valence-corrected chi connectivity index (χ3v) is 3.35. The average molecular weight is 263 g/mol. The smallest absolute Gasteiger partial charge is 0.336 e. The van der Waals surface area contributed by atoms with Crippen LogP contribution in [-0.4, -0.2) is 29.2 Å². The molecule has 19 heavy (non-hydrogen) atoms. The van der Waals surface area contributed by atoms with Gasteiger partial charge in [-0.1, -0.05) is 6.07 Å². The Labute approximate surface area is 111 Å². The SMILES string of the molecule is Cc1c(NC(=O)C2CCC(C)O2)cccc1C(=O)O. The normalized spacial score (nSPS) is 22.2. The number of aromatic carboxylic acids is 1. The quantitative estimate of drug-likeness (QED) is 0.876. The third-order valence-electron chi connectivity index (χ3n) is 3.35. The van der Waals surface area contributed by atoms with Gasteiger partial charge in [-0.15, -0.1) is 0 Å². The van der Waals surface area contributed by atoms with Gasteiger partial charge in [-0.3, -0.25) is 4.79 Å². The number of ether oxygens (including phenoxy) is 1. The van der Waals surface area contributed by atoms with Gasteiger partial charge in [0.05, 0.1) is 11.7 Å². The van der Waals surface area contributed by atoms with Gasteiger partial charge in [-0.2, -0.15) is 0 Å². The first kappa shape index (κ1) is 13.5. The zero-order chi connectivity index (χ0) is 14.0. The highest BCUT2D eigenvalue weighted by molar-refractivity contribution is 5.97. The molecule has 5 heteroatoms. The maximum Gasteiger partial charge on any atom is 0.336 e. The van der Waals surface area contributed by atoms with E-state index in [1.165, 1.54) is 6.07 Å². The van der Waals surface area contributed by atoms with Crippen molar-refractivity contribution in [3.63, 3.8) is 0 Å². The van der Waals surface area contributed by atoms with Gasteiger partial charge < -0.3 is 15.2 Å². The number of anilines is 1. The molecular weight excluding hydrogens is 246 g/mol. The molecule has 2 unspecified atom stereocenters. The Kier molecular flexibility index (Phi) is 3.85. The summed E-state index contributed by atoms with van der Waals surface area (Å²) in [4.78, 5) is 23.0. The van der Waals surface area contributed by atoms with E-state index in [1.54, 1.807) is 19.1 Å². The van der Waals surface area contributed by atoms with Crippen LogP contribution in [0.3, 0.4) is 0 Å². The molecular formula is C14H17NO4. The number of nitrogens with one attached hydrogen (secondary N) is 1. The van der Waals surface area contributed by atoms with Gasteiger partial charge in [0, 0.05) is 5.69 Å². The lowest BCUT2D eigenvalue weighted by atomic mass is 10.1. The molecule has 2 atom stereocenters. The van der Waals surface area contributed by atoms with Gasteiger partial charge in [0.1, 0.15) is 6.10 Å². The summed E-state index contributed by atoms with van der Waals surface area (Å²) in [6.07, 6.45) is 1.22. The fourth-order valence-electron chi connectivity index (χ4n) is 2.21. The standard InChI is InChI=1S/C14H17NO4/c1-8-6-7-12(19-8)13(16)15-11-5-3-4-10(9(11)2)14(17)18/h3-5,8,12H,6-7H2,1-2H3,(H,15,16)(H,17,18). The second-order valence-corrected chi connectivity index (χ2v) is 4.79. The van der Waals surface area contributed by atoms with Gasteiger partial charge in [-0.25, -0.2) is 4.79 Å². The minimum absolute atomic E-state index is 0.0993. The Morgan fingerprint density at radius 3 is 2.68 bits per heavy atom. The summed E-state index contributed by atoms with van der Waals surface area (Å²) < 4.78 is 5.48. The van der Waals surface area contributed by atoms with Crippen molar-refractivity contribution in [2.24, 2.45) is 0 Å². The Morgan fingerprint density at radius 1 is 1.37 bits per heavy atom. The van der Waals surface area contributed by atoms with Crippen LogP contribution in [0.2, 0.25) is 0 Å². The molecule has 0 spiro atoms. The number of rotatable bonds is 3. The summed E-state index contributed by atoms with van der Waals surface area (Å²) >= 11 is 0. The lowest BCUT2D eigenvalue weighted by molar-refractivity contribution is -0.126. The summed E-state index contributed by atoms with van der Waals surface area (Å²) in [5, 5.41) is 11.8. The van der Waals surface area contributed by atoms with E-state index in [4.69, 9.17) is 9.84 Å². The fraction of sp³-hybridized carbons (Fsp3) is 0.429. The molecule has 1 aromatic rings. The van der Waals surface area contributed by atoms with Crippen molar-refractivity contribution < 1.29 is 19.4 Å². The number of hydrogen-bond acceptors (Lipinski definition) is 3. The Morgan fingerprint density at radius 2 is 2.11 bits per heavy atom. The molecule has 1 fully saturated rings. The zero-order valence-electron chi connectivity index (χ0n) is 11.0. The average Bonchev–Trinajstić information content (AvgIpc) is 2.78. The predicted octanol–water partition coefficient (Wildman–Crippen LogP) is 2.20. The van der Waals surface area contributed by atoms with Crippen molar-refractivity contribution >= 4 is 17.6 Å². The summed E-state index contributed by atoms with van der Waals surface area (Å²) in [5.41, 5.74) is 1.26. The molecule has 1 aliphatic heterocycles. The van der Waals surface area contributed by atoms with Crippen LogP contribution in [0.1, 0.15) is 35.7 Å². The summed E-state index contributed by atoms with van der Waals surface area (Å²) in [6.45, 7) is 3.61. The van der Waals surface area contributed by atoms with Gasteiger partial charge in [0.2, 0.25) is 0 Å². The minimum Gasteiger partial charge on any atom is -0.478 e. The van der Waals surface area contributed by atoms with E-state index in [-0.39, 0.29) is 17.6 Å². The van der Waals surface area contributed by atoms with Crippen LogP contribution >= 0.6 is 0 Å². The summed E-state index contributed by atoms with van der Waals surface area (Å²) in [6, 6.07) is 4.82. The molecule has 5 nitrogen and oxygen atoms in total. The van der Waals surface area contributed by atoms with E-state index < -0.39 is 12.1 Å². The molecule has 102 valence electrons. The molecule has 0 saturated carbocycles. The Balaban J connectivity index is 2.13. The van der Waals surface area contributed by atoms with Crippen molar-refractivity contribution in [3.05, 3.63) is 29.3 Å². The summed E-state index contributed by atoms with van der Waals surface area (Å²) in [5.74, 6) is -1.21. The first-order chi connectivity index (χ1) is 8.99. The monoisotopic (exact) mass is 263 g/mol. The molecule has 2 N–H and O–H groups in total. The van der Waals surface area contributed by atoms with E-state index in [1.807, 2.05) is 6.92 Å². The van der Waals surface area contributed by atoms with Crippen molar-refractivity contribution in [3.8, 4) is 0 Å². The van der Waals surface area contributed by atoms with Gasteiger partial charge in [-0.05, 0) is 44.4 Å². The molecule has 1 amide bonds. The van der Waals surface area contributed by atoms with Crippen LogP contribution in [0.5, 0.6) is 0 Å². The number of hydrogen-bond donors (Lipinski definition) is 2. The Bertz CT molecular complexity index is 512. The fourth-order valence-corrected chi connectivity index (χ4v) is 2.21. The lowest BCUT2D eigenvalue weighted by Gasteiger charge is -2.14. The highest BCUT2D eigenvalue weighted by atomic mass is 16.5. The molecule has 0 radical (unpaired) electrons. The van der Waals surface area contributed by atoms with Crippen molar-refractivity contribution in [1.82, 2.24) is 0 Å². The van der Waals surface area contributed by atoms with Crippen LogP contribution in [0.25, 0.3) is 0 Å². The van der Waals surface area contributed by atoms with E-state index >= 15 is 0 Å². The number of amides is 1. The van der Waals surface area contributed by atoms with Crippen LogP contribution < -0.4 is 5.32 Å². The highest BCUT2D eigenvalue weighted by Gasteiger charge is 2.28. The maximum atomic E-state index is 12.0. The van der Waals surface area contributed by atoms with Crippen LogP contribution in [0.15, 0.2) is 18.2 Å². The predicted molar refractivity (Wildman–Crippen MR) is 70.3 cm³/mol. The highest BCUT2D eigenvalue weighted by Crippen LogP contribution is 2.23. The van der Waals surface area contributed by atoms with Gasteiger partial charge >= 0.3 is 5.97 Å². The minimum atomic E-state index is -1.00. The van der Waals surface area contributed by atoms with Crippen molar-refractivity contribution in [2.75, 3.05) is 5.32 Å². The van der Waals surface area contributed by atoms with Crippen molar-refractivity contribution in [1.29, 1.82) is 0 Å². The molecule has 1 saturated heterocycles. The lowest BCUT2D eigenvalue weighted by Crippen LogP contribution is -2.28. The number of carbonyl (C=O) groups is 2. The summed E-state index contributed by atoms with van der Waals surface area (Å²) in [7, 11) is 0. The third kappa shape index (κ3) is 2.93. The molecule has 0 bridgehead atoms. The molecule has 1 aromatic carbocycles.